The van der Waals surface area contributed by atoms with E-state index in [2.05, 4.69) is 53.2 Å². The van der Waals surface area contributed by atoms with Gasteiger partial charge in [-0.15, -0.1) is 0 Å². The number of hydrogen-bond acceptors (Lipinski definition) is 3. The number of aromatic nitrogens is 2. The minimum atomic E-state index is -0.228. The summed E-state index contributed by atoms with van der Waals surface area (Å²) in [6, 6.07) is 25.0. The largest absolute Gasteiger partial charge is 0.222 e. The molecule has 0 saturated carbocycles. The zero-order valence-corrected chi connectivity index (χ0v) is 18.2. The predicted molar refractivity (Wildman–Crippen MR) is 121 cm³/mol. The van der Waals surface area contributed by atoms with Crippen molar-refractivity contribution in [3.05, 3.63) is 100 Å². The van der Waals surface area contributed by atoms with Crippen molar-refractivity contribution in [1.29, 1.82) is 0 Å². The third-order valence-corrected chi connectivity index (χ3v) is 5.87. The average Bonchev–Trinajstić information content (AvgIpc) is 2.74. The van der Waals surface area contributed by atoms with Crippen LogP contribution in [0.2, 0.25) is 0 Å². The third-order valence-electron chi connectivity index (χ3n) is 4.45. The van der Waals surface area contributed by atoms with E-state index in [4.69, 9.17) is 9.97 Å². The molecule has 0 fully saturated rings. The summed E-state index contributed by atoms with van der Waals surface area (Å²) < 4.78 is 14.2. The van der Waals surface area contributed by atoms with Crippen LogP contribution in [0.1, 0.15) is 11.1 Å². The van der Waals surface area contributed by atoms with E-state index < -0.39 is 0 Å². The summed E-state index contributed by atoms with van der Waals surface area (Å²) in [5.74, 6) is 0.448. The summed E-state index contributed by atoms with van der Waals surface area (Å²) in [6.07, 6.45) is 0. The number of thioether (sulfide) groups is 1. The topological polar surface area (TPSA) is 25.8 Å². The quantitative estimate of drug-likeness (QED) is 0.228. The summed E-state index contributed by atoms with van der Waals surface area (Å²) in [5, 5.41) is 0.697. The van der Waals surface area contributed by atoms with Crippen molar-refractivity contribution in [3.63, 3.8) is 0 Å². The highest BCUT2D eigenvalue weighted by atomic mass is 79.9. The standard InChI is InChI=1S/C24H18BrFN2S/c1-16-5-9-18(10-6-16)22-14-23(19-3-2-4-20(25)13-19)28-24(27-22)29-15-17-7-11-21(26)12-8-17/h2-14H,15H2,1H3. The zero-order valence-electron chi connectivity index (χ0n) is 15.8. The lowest BCUT2D eigenvalue weighted by atomic mass is 10.1. The maximum absolute atomic E-state index is 13.2. The predicted octanol–water partition coefficient (Wildman–Crippen LogP) is 7.31. The highest BCUT2D eigenvalue weighted by Crippen LogP contribution is 2.29. The number of nitrogens with zero attached hydrogens (tertiary/aromatic N) is 2. The van der Waals surface area contributed by atoms with Gasteiger partial charge in [0.15, 0.2) is 5.16 Å². The molecule has 29 heavy (non-hydrogen) atoms. The van der Waals surface area contributed by atoms with E-state index in [0.717, 1.165) is 32.6 Å². The Kier molecular flexibility index (Phi) is 6.07. The van der Waals surface area contributed by atoms with Crippen LogP contribution in [-0.2, 0) is 5.75 Å². The van der Waals surface area contributed by atoms with Gasteiger partial charge in [-0.05, 0) is 42.8 Å². The first kappa shape index (κ1) is 19.8. The van der Waals surface area contributed by atoms with Crippen LogP contribution in [0.25, 0.3) is 22.5 Å². The summed E-state index contributed by atoms with van der Waals surface area (Å²) in [6.45, 7) is 2.07. The van der Waals surface area contributed by atoms with Crippen LogP contribution in [0.4, 0.5) is 4.39 Å². The summed E-state index contributed by atoms with van der Waals surface area (Å²) in [7, 11) is 0. The van der Waals surface area contributed by atoms with Gasteiger partial charge in [0.2, 0.25) is 0 Å². The van der Waals surface area contributed by atoms with Gasteiger partial charge in [0, 0.05) is 21.4 Å². The van der Waals surface area contributed by atoms with Crippen molar-refractivity contribution in [3.8, 4) is 22.5 Å². The Morgan fingerprint density at radius 2 is 1.52 bits per heavy atom. The first-order valence-electron chi connectivity index (χ1n) is 9.16. The van der Waals surface area contributed by atoms with Crippen LogP contribution in [-0.4, -0.2) is 9.97 Å². The summed E-state index contributed by atoms with van der Waals surface area (Å²) >= 11 is 5.09. The maximum atomic E-state index is 13.2. The first-order valence-corrected chi connectivity index (χ1v) is 10.9. The molecular weight excluding hydrogens is 447 g/mol. The molecule has 0 aliphatic heterocycles. The number of rotatable bonds is 5. The van der Waals surface area contributed by atoms with Crippen LogP contribution >= 0.6 is 27.7 Å². The molecule has 0 N–H and O–H groups in total. The smallest absolute Gasteiger partial charge is 0.189 e. The van der Waals surface area contributed by atoms with Crippen molar-refractivity contribution in [2.45, 2.75) is 17.8 Å². The molecule has 0 atom stereocenters. The maximum Gasteiger partial charge on any atom is 0.189 e. The Hall–Kier alpha value is -2.50. The molecule has 0 bridgehead atoms. The molecule has 0 radical (unpaired) electrons. The van der Waals surface area contributed by atoms with Crippen LogP contribution in [0, 0.1) is 12.7 Å². The second-order valence-electron chi connectivity index (χ2n) is 6.71. The molecule has 1 aromatic heterocycles. The van der Waals surface area contributed by atoms with E-state index in [-0.39, 0.29) is 5.82 Å². The van der Waals surface area contributed by atoms with Crippen molar-refractivity contribution in [1.82, 2.24) is 9.97 Å². The molecule has 1 heterocycles. The van der Waals surface area contributed by atoms with E-state index in [0.29, 0.717) is 10.9 Å². The van der Waals surface area contributed by atoms with Crippen molar-refractivity contribution < 1.29 is 4.39 Å². The second kappa shape index (κ2) is 8.89. The summed E-state index contributed by atoms with van der Waals surface area (Å²) in [4.78, 5) is 9.56. The zero-order chi connectivity index (χ0) is 20.2. The van der Waals surface area contributed by atoms with Gasteiger partial charge in [0.25, 0.3) is 0 Å². The molecule has 5 heteroatoms. The minimum absolute atomic E-state index is 0.228. The highest BCUT2D eigenvalue weighted by molar-refractivity contribution is 9.10. The fourth-order valence-electron chi connectivity index (χ4n) is 2.89. The van der Waals surface area contributed by atoms with Gasteiger partial charge < -0.3 is 0 Å². The van der Waals surface area contributed by atoms with Gasteiger partial charge in [0.05, 0.1) is 11.4 Å². The lowest BCUT2D eigenvalue weighted by molar-refractivity contribution is 0.627. The van der Waals surface area contributed by atoms with Gasteiger partial charge in [-0.3, -0.25) is 0 Å². The van der Waals surface area contributed by atoms with E-state index in [9.17, 15) is 4.39 Å². The summed E-state index contributed by atoms with van der Waals surface area (Å²) in [5.41, 5.74) is 6.08. The number of aryl methyl sites for hydroxylation is 1. The molecule has 4 aromatic rings. The Balaban J connectivity index is 1.71. The molecule has 0 aliphatic rings. The van der Waals surface area contributed by atoms with Crippen LogP contribution in [0.5, 0.6) is 0 Å². The normalized spacial score (nSPS) is 10.9. The molecule has 0 aliphatic carbocycles. The average molecular weight is 465 g/mol. The molecule has 2 nitrogen and oxygen atoms in total. The fraction of sp³-hybridized carbons (Fsp3) is 0.0833. The Morgan fingerprint density at radius 1 is 0.828 bits per heavy atom. The van der Waals surface area contributed by atoms with Crippen molar-refractivity contribution in [2.75, 3.05) is 0 Å². The number of benzene rings is 3. The third kappa shape index (κ3) is 5.11. The molecule has 0 unspecified atom stereocenters. The molecule has 0 amide bonds. The SMILES string of the molecule is Cc1ccc(-c2cc(-c3cccc(Br)c3)nc(SCc3ccc(F)cc3)n2)cc1. The van der Waals surface area contributed by atoms with Crippen LogP contribution < -0.4 is 0 Å². The van der Waals surface area contributed by atoms with Gasteiger partial charge in [-0.25, -0.2) is 14.4 Å². The lowest BCUT2D eigenvalue weighted by Gasteiger charge is -2.09. The van der Waals surface area contributed by atoms with Crippen molar-refractivity contribution >= 4 is 27.7 Å². The Morgan fingerprint density at radius 3 is 2.21 bits per heavy atom. The van der Waals surface area contributed by atoms with Crippen LogP contribution in [0.15, 0.2) is 88.5 Å². The lowest BCUT2D eigenvalue weighted by Crippen LogP contribution is -1.95. The van der Waals surface area contributed by atoms with E-state index in [1.54, 1.807) is 23.9 Å². The Labute approximate surface area is 182 Å². The molecule has 144 valence electrons. The molecular formula is C24H18BrFN2S. The Bertz CT molecular complexity index is 1130. The van der Waals surface area contributed by atoms with Gasteiger partial charge in [0.1, 0.15) is 5.82 Å². The molecule has 0 saturated heterocycles. The van der Waals surface area contributed by atoms with E-state index in [1.807, 2.05) is 24.3 Å². The number of hydrogen-bond donors (Lipinski definition) is 0. The molecule has 0 spiro atoms. The second-order valence-corrected chi connectivity index (χ2v) is 8.57. The molecule has 4 rings (SSSR count). The van der Waals surface area contributed by atoms with E-state index >= 15 is 0 Å². The fourth-order valence-corrected chi connectivity index (χ4v) is 4.10. The van der Waals surface area contributed by atoms with Gasteiger partial charge in [-0.2, -0.15) is 0 Å². The molecule has 3 aromatic carbocycles. The minimum Gasteiger partial charge on any atom is -0.222 e. The van der Waals surface area contributed by atoms with Gasteiger partial charge in [-0.1, -0.05) is 81.8 Å². The highest BCUT2D eigenvalue weighted by Gasteiger charge is 2.10. The van der Waals surface area contributed by atoms with E-state index in [1.165, 1.54) is 17.7 Å². The first-order chi connectivity index (χ1) is 14.1. The monoisotopic (exact) mass is 464 g/mol. The van der Waals surface area contributed by atoms with Gasteiger partial charge >= 0.3 is 0 Å². The van der Waals surface area contributed by atoms with Crippen LogP contribution in [0.3, 0.4) is 0 Å². The number of halogens is 2. The van der Waals surface area contributed by atoms with Crippen molar-refractivity contribution in [2.24, 2.45) is 0 Å².